The van der Waals surface area contributed by atoms with Crippen molar-refractivity contribution in [3.63, 3.8) is 0 Å². The third-order valence-corrected chi connectivity index (χ3v) is 2.58. The van der Waals surface area contributed by atoms with Gasteiger partial charge in [0, 0.05) is 6.54 Å². The molecule has 0 radical (unpaired) electrons. The Morgan fingerprint density at radius 2 is 2.18 bits per heavy atom. The van der Waals surface area contributed by atoms with Crippen molar-refractivity contribution in [1.82, 2.24) is 10.6 Å². The van der Waals surface area contributed by atoms with Crippen molar-refractivity contribution in [3.8, 4) is 0 Å². The first-order valence-corrected chi connectivity index (χ1v) is 5.85. The van der Waals surface area contributed by atoms with E-state index in [9.17, 15) is 9.18 Å². The van der Waals surface area contributed by atoms with Crippen LogP contribution >= 0.6 is 0 Å². The van der Waals surface area contributed by atoms with Crippen molar-refractivity contribution < 1.29 is 9.18 Å². The second kappa shape index (κ2) is 6.23. The fourth-order valence-electron chi connectivity index (χ4n) is 1.45. The van der Waals surface area contributed by atoms with Crippen LogP contribution in [0.25, 0.3) is 0 Å². The summed E-state index contributed by atoms with van der Waals surface area (Å²) in [5.41, 5.74) is 1.37. The minimum atomic E-state index is -0.245. The molecule has 17 heavy (non-hydrogen) atoms. The molecule has 0 spiro atoms. The molecule has 0 aliphatic carbocycles. The maximum atomic E-state index is 13.4. The van der Waals surface area contributed by atoms with Crippen LogP contribution < -0.4 is 10.6 Å². The lowest BCUT2D eigenvalue weighted by molar-refractivity contribution is 0.238. The highest BCUT2D eigenvalue weighted by Crippen LogP contribution is 2.15. The lowest BCUT2D eigenvalue weighted by Gasteiger charge is -2.15. The molecule has 0 aliphatic heterocycles. The quantitative estimate of drug-likeness (QED) is 0.832. The van der Waals surface area contributed by atoms with Gasteiger partial charge in [0.25, 0.3) is 0 Å². The van der Waals surface area contributed by atoms with E-state index in [-0.39, 0.29) is 17.9 Å². The average Bonchev–Trinajstić information content (AvgIpc) is 2.30. The summed E-state index contributed by atoms with van der Waals surface area (Å²) in [6, 6.07) is 4.57. The van der Waals surface area contributed by atoms with Crippen LogP contribution in [-0.4, -0.2) is 12.6 Å². The predicted molar refractivity (Wildman–Crippen MR) is 66.4 cm³/mol. The molecule has 1 atom stereocenters. The molecule has 94 valence electrons. The molecule has 0 fully saturated rings. The second-order valence-electron chi connectivity index (χ2n) is 4.13. The summed E-state index contributed by atoms with van der Waals surface area (Å²) in [4.78, 5) is 11.4. The normalized spacial score (nSPS) is 12.0. The molecule has 1 rings (SSSR count). The van der Waals surface area contributed by atoms with Gasteiger partial charge in [0.15, 0.2) is 0 Å². The zero-order valence-electron chi connectivity index (χ0n) is 10.5. The fourth-order valence-corrected chi connectivity index (χ4v) is 1.45. The van der Waals surface area contributed by atoms with Crippen molar-refractivity contribution in [2.24, 2.45) is 0 Å². The Hall–Kier alpha value is -1.58. The predicted octanol–water partition coefficient (Wildman–Crippen LogP) is 2.90. The summed E-state index contributed by atoms with van der Waals surface area (Å²) in [5, 5.41) is 5.48. The first-order valence-electron chi connectivity index (χ1n) is 5.85. The van der Waals surface area contributed by atoms with Gasteiger partial charge in [-0.1, -0.05) is 19.1 Å². The molecule has 0 aliphatic rings. The Morgan fingerprint density at radius 3 is 2.76 bits per heavy atom. The minimum absolute atomic E-state index is 0.207. The summed E-state index contributed by atoms with van der Waals surface area (Å²) < 4.78 is 13.4. The highest BCUT2D eigenvalue weighted by Gasteiger charge is 2.10. The van der Waals surface area contributed by atoms with Gasteiger partial charge >= 0.3 is 6.03 Å². The van der Waals surface area contributed by atoms with Gasteiger partial charge in [0.2, 0.25) is 0 Å². The highest BCUT2D eigenvalue weighted by atomic mass is 19.1. The van der Waals surface area contributed by atoms with Gasteiger partial charge in [-0.3, -0.25) is 0 Å². The Bertz CT molecular complexity index is 393. The number of hydrogen-bond donors (Lipinski definition) is 2. The molecule has 2 N–H and O–H groups in total. The van der Waals surface area contributed by atoms with E-state index in [0.717, 1.165) is 12.0 Å². The number of hydrogen-bond acceptors (Lipinski definition) is 1. The second-order valence-corrected chi connectivity index (χ2v) is 4.13. The Balaban J connectivity index is 2.60. The van der Waals surface area contributed by atoms with E-state index >= 15 is 0 Å². The number of carbonyl (C=O) groups excluding carboxylic acids is 1. The topological polar surface area (TPSA) is 41.1 Å². The van der Waals surface area contributed by atoms with Crippen LogP contribution in [0.4, 0.5) is 9.18 Å². The molecule has 0 saturated carbocycles. The number of aryl methyl sites for hydroxylation is 1. The Kier molecular flexibility index (Phi) is 4.94. The molecular formula is C13H19FN2O. The fraction of sp³-hybridized carbons (Fsp3) is 0.462. The summed E-state index contributed by atoms with van der Waals surface area (Å²) in [7, 11) is 0. The zero-order valence-corrected chi connectivity index (χ0v) is 10.5. The molecule has 0 heterocycles. The number of amides is 2. The van der Waals surface area contributed by atoms with Crippen LogP contribution in [0.3, 0.4) is 0 Å². The maximum absolute atomic E-state index is 13.4. The lowest BCUT2D eigenvalue weighted by atomic mass is 10.1. The zero-order chi connectivity index (χ0) is 12.8. The number of halogens is 1. The summed E-state index contributed by atoms with van der Waals surface area (Å²) in [6.45, 7) is 6.17. The Labute approximate surface area is 101 Å². The maximum Gasteiger partial charge on any atom is 0.315 e. The first-order chi connectivity index (χ1) is 8.04. The lowest BCUT2D eigenvalue weighted by Crippen LogP contribution is -2.37. The third kappa shape index (κ3) is 4.06. The van der Waals surface area contributed by atoms with Crippen LogP contribution in [0.1, 0.15) is 37.4 Å². The van der Waals surface area contributed by atoms with Gasteiger partial charge in [-0.2, -0.15) is 0 Å². The summed E-state index contributed by atoms with van der Waals surface area (Å²) >= 11 is 0. The molecule has 0 aromatic heterocycles. The van der Waals surface area contributed by atoms with E-state index in [1.807, 2.05) is 19.9 Å². The number of carbonyl (C=O) groups is 1. The number of benzene rings is 1. The summed E-state index contributed by atoms with van der Waals surface area (Å²) in [5.74, 6) is -0.245. The molecule has 1 aromatic carbocycles. The SMILES string of the molecule is CCCNC(=O)NC(C)c1ccc(C)c(F)c1. The highest BCUT2D eigenvalue weighted by molar-refractivity contribution is 5.74. The van der Waals surface area contributed by atoms with Crippen LogP contribution in [0.5, 0.6) is 0 Å². The van der Waals surface area contributed by atoms with Gasteiger partial charge in [-0.25, -0.2) is 9.18 Å². The van der Waals surface area contributed by atoms with Crippen molar-refractivity contribution in [2.45, 2.75) is 33.2 Å². The molecule has 4 heteroatoms. The van der Waals surface area contributed by atoms with E-state index in [1.165, 1.54) is 6.07 Å². The van der Waals surface area contributed by atoms with Crippen LogP contribution in [0.2, 0.25) is 0 Å². The number of rotatable bonds is 4. The standard InChI is InChI=1S/C13H19FN2O/c1-4-7-15-13(17)16-10(3)11-6-5-9(2)12(14)8-11/h5-6,8,10H,4,7H2,1-3H3,(H2,15,16,17). The van der Waals surface area contributed by atoms with E-state index < -0.39 is 0 Å². The Morgan fingerprint density at radius 1 is 1.47 bits per heavy atom. The van der Waals surface area contributed by atoms with Crippen LogP contribution in [-0.2, 0) is 0 Å². The molecule has 0 saturated heterocycles. The molecule has 0 bridgehead atoms. The van der Waals surface area contributed by atoms with Gasteiger partial charge in [0.05, 0.1) is 6.04 Å². The van der Waals surface area contributed by atoms with Crippen molar-refractivity contribution in [2.75, 3.05) is 6.54 Å². The largest absolute Gasteiger partial charge is 0.338 e. The number of nitrogens with one attached hydrogen (secondary N) is 2. The average molecular weight is 238 g/mol. The van der Waals surface area contributed by atoms with E-state index in [1.54, 1.807) is 13.0 Å². The molecule has 2 amide bonds. The molecule has 3 nitrogen and oxygen atoms in total. The molecular weight excluding hydrogens is 219 g/mol. The molecule has 1 unspecified atom stereocenters. The summed E-state index contributed by atoms with van der Waals surface area (Å²) in [6.07, 6.45) is 0.890. The van der Waals surface area contributed by atoms with Crippen molar-refractivity contribution in [3.05, 3.63) is 35.1 Å². The minimum Gasteiger partial charge on any atom is -0.338 e. The molecule has 1 aromatic rings. The van der Waals surface area contributed by atoms with Gasteiger partial charge in [-0.15, -0.1) is 0 Å². The van der Waals surface area contributed by atoms with Crippen molar-refractivity contribution >= 4 is 6.03 Å². The van der Waals surface area contributed by atoms with Crippen molar-refractivity contribution in [1.29, 1.82) is 0 Å². The number of urea groups is 1. The monoisotopic (exact) mass is 238 g/mol. The third-order valence-electron chi connectivity index (χ3n) is 2.58. The van der Waals surface area contributed by atoms with Gasteiger partial charge < -0.3 is 10.6 Å². The first kappa shape index (κ1) is 13.5. The smallest absolute Gasteiger partial charge is 0.315 e. The van der Waals surface area contributed by atoms with E-state index in [0.29, 0.717) is 12.1 Å². The van der Waals surface area contributed by atoms with Gasteiger partial charge in [0.1, 0.15) is 5.82 Å². The van der Waals surface area contributed by atoms with Crippen LogP contribution in [0, 0.1) is 12.7 Å². The van der Waals surface area contributed by atoms with E-state index in [4.69, 9.17) is 0 Å². The van der Waals surface area contributed by atoms with Crippen LogP contribution in [0.15, 0.2) is 18.2 Å². The van der Waals surface area contributed by atoms with Gasteiger partial charge in [-0.05, 0) is 37.5 Å². The van der Waals surface area contributed by atoms with E-state index in [2.05, 4.69) is 10.6 Å².